The fourth-order valence-electron chi connectivity index (χ4n) is 6.91. The molecule has 0 saturated carbocycles. The Bertz CT molecular complexity index is 2860. The van der Waals surface area contributed by atoms with E-state index in [0.29, 0.717) is 17.5 Å². The van der Waals surface area contributed by atoms with E-state index in [4.69, 9.17) is 19.4 Å². The van der Waals surface area contributed by atoms with Gasteiger partial charge in [-0.1, -0.05) is 121 Å². The molecule has 4 nitrogen and oxygen atoms in total. The lowest BCUT2D eigenvalue weighted by atomic mass is 9.96. The molecule has 0 radical (unpaired) electrons. The number of para-hydroxylation sites is 2. The van der Waals surface area contributed by atoms with E-state index < -0.39 is 0 Å². The number of nitrogens with zero attached hydrogens (tertiary/aromatic N) is 3. The summed E-state index contributed by atoms with van der Waals surface area (Å²) in [5, 5.41) is 4.51. The quantitative estimate of drug-likeness (QED) is 0.185. The van der Waals surface area contributed by atoms with Crippen LogP contribution in [0.25, 0.3) is 98.5 Å². The monoisotopic (exact) mass is 657 g/mol. The van der Waals surface area contributed by atoms with Crippen molar-refractivity contribution in [3.05, 3.63) is 164 Å². The third-order valence-corrected chi connectivity index (χ3v) is 10.6. The van der Waals surface area contributed by atoms with Gasteiger partial charge in [0.2, 0.25) is 0 Å². The highest BCUT2D eigenvalue weighted by Gasteiger charge is 2.19. The van der Waals surface area contributed by atoms with Crippen molar-refractivity contribution in [2.75, 3.05) is 0 Å². The molecular formula is C45H27N3OS. The van der Waals surface area contributed by atoms with Gasteiger partial charge in [0.25, 0.3) is 0 Å². The summed E-state index contributed by atoms with van der Waals surface area (Å²) >= 11 is 1.83. The predicted molar refractivity (Wildman–Crippen MR) is 207 cm³/mol. The van der Waals surface area contributed by atoms with Crippen LogP contribution in [0.5, 0.6) is 0 Å². The minimum Gasteiger partial charge on any atom is -0.455 e. The first-order chi connectivity index (χ1) is 24.8. The molecule has 0 aliphatic heterocycles. The molecule has 0 spiro atoms. The third-order valence-electron chi connectivity index (χ3n) is 9.33. The molecule has 0 aliphatic rings. The van der Waals surface area contributed by atoms with Crippen molar-refractivity contribution in [2.24, 2.45) is 0 Å². The maximum absolute atomic E-state index is 6.42. The Labute approximate surface area is 292 Å². The lowest BCUT2D eigenvalue weighted by Gasteiger charge is -2.10. The highest BCUT2D eigenvalue weighted by Crippen LogP contribution is 2.44. The maximum Gasteiger partial charge on any atom is 0.167 e. The normalized spacial score (nSPS) is 11.6. The SMILES string of the molecule is c1ccc(-c2cc(-c3ccccc3)c3sc4ccc(-c5nc(-c6ccccc6)nc(-c6cccc7c6oc6ccccc67)n5)cc4c3c2)cc1. The molecule has 10 aromatic rings. The van der Waals surface area contributed by atoms with E-state index in [2.05, 4.69) is 103 Å². The largest absolute Gasteiger partial charge is 0.455 e. The van der Waals surface area contributed by atoms with Gasteiger partial charge in [-0.2, -0.15) is 0 Å². The molecule has 0 fully saturated rings. The fourth-order valence-corrected chi connectivity index (χ4v) is 8.11. The third kappa shape index (κ3) is 4.79. The van der Waals surface area contributed by atoms with Crippen LogP contribution in [0, 0.1) is 0 Å². The zero-order chi connectivity index (χ0) is 33.0. The number of benzene rings is 7. The number of furan rings is 1. The van der Waals surface area contributed by atoms with E-state index in [1.54, 1.807) is 0 Å². The van der Waals surface area contributed by atoms with Crippen molar-refractivity contribution < 1.29 is 4.42 Å². The lowest BCUT2D eigenvalue weighted by Crippen LogP contribution is -2.00. The molecular weight excluding hydrogens is 631 g/mol. The average Bonchev–Trinajstić information content (AvgIpc) is 3.76. The lowest BCUT2D eigenvalue weighted by molar-refractivity contribution is 0.669. The van der Waals surface area contributed by atoms with Crippen LogP contribution in [-0.4, -0.2) is 15.0 Å². The zero-order valence-corrected chi connectivity index (χ0v) is 27.6. The number of hydrogen-bond donors (Lipinski definition) is 0. The minimum absolute atomic E-state index is 0.575. The van der Waals surface area contributed by atoms with Gasteiger partial charge >= 0.3 is 0 Å². The second kappa shape index (κ2) is 11.6. The Morgan fingerprint density at radius 3 is 1.78 bits per heavy atom. The van der Waals surface area contributed by atoms with Gasteiger partial charge in [-0.25, -0.2) is 15.0 Å². The van der Waals surface area contributed by atoms with Gasteiger partial charge in [-0.15, -0.1) is 11.3 Å². The molecule has 0 amide bonds. The topological polar surface area (TPSA) is 51.8 Å². The molecule has 3 heterocycles. The molecule has 0 bridgehead atoms. The fraction of sp³-hybridized carbons (Fsp3) is 0. The summed E-state index contributed by atoms with van der Waals surface area (Å²) in [6, 6.07) is 56.9. The van der Waals surface area contributed by atoms with E-state index >= 15 is 0 Å². The number of rotatable bonds is 5. The molecule has 0 aliphatic carbocycles. The van der Waals surface area contributed by atoms with Crippen molar-refractivity contribution in [2.45, 2.75) is 0 Å². The summed E-state index contributed by atoms with van der Waals surface area (Å²) in [6.45, 7) is 0. The first-order valence-electron chi connectivity index (χ1n) is 16.6. The van der Waals surface area contributed by atoms with Crippen LogP contribution in [-0.2, 0) is 0 Å². The van der Waals surface area contributed by atoms with E-state index in [0.717, 1.165) is 38.6 Å². The Morgan fingerprint density at radius 2 is 1.00 bits per heavy atom. The van der Waals surface area contributed by atoms with Crippen LogP contribution in [0.4, 0.5) is 0 Å². The molecule has 3 aromatic heterocycles. The number of thiophene rings is 1. The predicted octanol–water partition coefficient (Wildman–Crippen LogP) is 12.5. The van der Waals surface area contributed by atoms with Gasteiger partial charge < -0.3 is 4.42 Å². The van der Waals surface area contributed by atoms with Crippen molar-refractivity contribution in [1.82, 2.24) is 15.0 Å². The van der Waals surface area contributed by atoms with Crippen LogP contribution in [0.2, 0.25) is 0 Å². The average molecular weight is 658 g/mol. The second-order valence-electron chi connectivity index (χ2n) is 12.4. The standard InChI is InChI=1S/C45H27N3OS/c1-4-13-28(14-5-1)32-26-36(29-15-6-2-7-16-29)42-38(27-32)37-25-31(23-24-40(37)50-42)44-46-43(30-17-8-3-9-18-30)47-45(48-44)35-21-12-20-34-33-19-10-11-22-39(33)49-41(34)35/h1-27H. The van der Waals surface area contributed by atoms with Gasteiger partial charge in [0.05, 0.1) is 5.56 Å². The van der Waals surface area contributed by atoms with Crippen molar-refractivity contribution in [1.29, 1.82) is 0 Å². The van der Waals surface area contributed by atoms with Gasteiger partial charge in [0, 0.05) is 47.6 Å². The molecule has 0 N–H and O–H groups in total. The zero-order valence-electron chi connectivity index (χ0n) is 26.7. The highest BCUT2D eigenvalue weighted by molar-refractivity contribution is 7.26. The Morgan fingerprint density at radius 1 is 0.380 bits per heavy atom. The smallest absolute Gasteiger partial charge is 0.167 e. The first kappa shape index (κ1) is 28.6. The molecule has 234 valence electrons. The Hall–Kier alpha value is -6.43. The molecule has 0 unspecified atom stereocenters. The van der Waals surface area contributed by atoms with Crippen LogP contribution in [0.3, 0.4) is 0 Å². The van der Waals surface area contributed by atoms with Crippen LogP contribution >= 0.6 is 11.3 Å². The van der Waals surface area contributed by atoms with Gasteiger partial charge in [0.15, 0.2) is 17.5 Å². The second-order valence-corrected chi connectivity index (χ2v) is 13.5. The maximum atomic E-state index is 6.42. The molecule has 5 heteroatoms. The van der Waals surface area contributed by atoms with Gasteiger partial charge in [-0.05, 0) is 59.2 Å². The Balaban J connectivity index is 1.20. The van der Waals surface area contributed by atoms with Crippen LogP contribution < -0.4 is 0 Å². The molecule has 0 saturated heterocycles. The summed E-state index contributed by atoms with van der Waals surface area (Å²) in [5.74, 6) is 1.81. The van der Waals surface area contributed by atoms with E-state index in [-0.39, 0.29) is 0 Å². The molecule has 10 rings (SSSR count). The van der Waals surface area contributed by atoms with E-state index in [9.17, 15) is 0 Å². The number of aromatic nitrogens is 3. The van der Waals surface area contributed by atoms with Gasteiger partial charge in [-0.3, -0.25) is 0 Å². The van der Waals surface area contributed by atoms with E-state index in [1.165, 1.54) is 42.4 Å². The molecule has 50 heavy (non-hydrogen) atoms. The highest BCUT2D eigenvalue weighted by atomic mass is 32.1. The number of hydrogen-bond acceptors (Lipinski definition) is 5. The van der Waals surface area contributed by atoms with Crippen LogP contribution in [0.1, 0.15) is 0 Å². The summed E-state index contributed by atoms with van der Waals surface area (Å²) in [6.07, 6.45) is 0. The summed E-state index contributed by atoms with van der Waals surface area (Å²) in [7, 11) is 0. The first-order valence-corrected chi connectivity index (χ1v) is 17.4. The van der Waals surface area contributed by atoms with Gasteiger partial charge in [0.1, 0.15) is 11.2 Å². The van der Waals surface area contributed by atoms with Crippen molar-refractivity contribution in [3.8, 4) is 56.4 Å². The molecule has 7 aromatic carbocycles. The molecule has 0 atom stereocenters. The van der Waals surface area contributed by atoms with Crippen LogP contribution in [0.15, 0.2) is 168 Å². The van der Waals surface area contributed by atoms with E-state index in [1.807, 2.05) is 72.0 Å². The van der Waals surface area contributed by atoms with Crippen molar-refractivity contribution >= 4 is 53.4 Å². The Kier molecular flexibility index (Phi) is 6.64. The summed E-state index contributed by atoms with van der Waals surface area (Å²) < 4.78 is 8.90. The number of fused-ring (bicyclic) bond motifs is 6. The minimum atomic E-state index is 0.575. The summed E-state index contributed by atoms with van der Waals surface area (Å²) in [5.41, 5.74) is 9.12. The van der Waals surface area contributed by atoms with Crippen molar-refractivity contribution in [3.63, 3.8) is 0 Å². The summed E-state index contributed by atoms with van der Waals surface area (Å²) in [4.78, 5) is 15.2.